The third kappa shape index (κ3) is 3.75. The first-order chi connectivity index (χ1) is 13.4. The molecule has 0 fully saturated rings. The van der Waals surface area contributed by atoms with E-state index in [0.717, 1.165) is 11.1 Å². The first-order valence-electron chi connectivity index (χ1n) is 8.54. The summed E-state index contributed by atoms with van der Waals surface area (Å²) in [5, 5.41) is 5.26. The Labute approximate surface area is 167 Å². The van der Waals surface area contributed by atoms with Crippen LogP contribution in [0.1, 0.15) is 21.7 Å². The lowest BCUT2D eigenvalue weighted by Crippen LogP contribution is -2.23. The standard InChI is InChI=1S/C20H17N3O3S2/c1-13-3-2-4-14(9-13)12-22-28(25,26)15-5-6-18-16(10-15)17(20(24)23-18)11-19-21-7-8-27-19/h2-11,22H,12H2,1H3,(H,23,24)/b17-11+. The van der Waals surface area contributed by atoms with E-state index in [1.807, 2.05) is 36.6 Å². The fourth-order valence-corrected chi connectivity index (χ4v) is 4.60. The van der Waals surface area contributed by atoms with Gasteiger partial charge in [-0.15, -0.1) is 11.3 Å². The molecule has 2 N–H and O–H groups in total. The Hall–Kier alpha value is -2.81. The zero-order valence-corrected chi connectivity index (χ0v) is 16.6. The summed E-state index contributed by atoms with van der Waals surface area (Å²) in [6.07, 6.45) is 3.32. The van der Waals surface area contributed by atoms with Crippen molar-refractivity contribution in [2.45, 2.75) is 18.4 Å². The number of nitrogens with zero attached hydrogens (tertiary/aromatic N) is 1. The van der Waals surface area contributed by atoms with Crippen LogP contribution in [-0.2, 0) is 21.4 Å². The van der Waals surface area contributed by atoms with Crippen molar-refractivity contribution in [2.24, 2.45) is 0 Å². The molecule has 0 spiro atoms. The summed E-state index contributed by atoms with van der Waals surface area (Å²) >= 11 is 1.40. The minimum absolute atomic E-state index is 0.112. The number of carbonyl (C=O) groups is 1. The number of nitrogens with one attached hydrogen (secondary N) is 2. The van der Waals surface area contributed by atoms with E-state index in [2.05, 4.69) is 15.0 Å². The van der Waals surface area contributed by atoms with E-state index in [1.54, 1.807) is 18.3 Å². The number of hydrogen-bond donors (Lipinski definition) is 2. The number of hydrogen-bond acceptors (Lipinski definition) is 5. The van der Waals surface area contributed by atoms with Crippen LogP contribution >= 0.6 is 11.3 Å². The van der Waals surface area contributed by atoms with Crippen LogP contribution in [0.4, 0.5) is 5.69 Å². The van der Waals surface area contributed by atoms with Crippen LogP contribution in [0.2, 0.25) is 0 Å². The highest BCUT2D eigenvalue weighted by Gasteiger charge is 2.27. The summed E-state index contributed by atoms with van der Waals surface area (Å²) in [5.41, 5.74) is 3.49. The number of amides is 1. The van der Waals surface area contributed by atoms with Gasteiger partial charge in [0.2, 0.25) is 10.0 Å². The van der Waals surface area contributed by atoms with Gasteiger partial charge in [0, 0.05) is 29.4 Å². The lowest BCUT2D eigenvalue weighted by Gasteiger charge is -2.09. The predicted molar refractivity (Wildman–Crippen MR) is 110 cm³/mol. The Bertz CT molecular complexity index is 1180. The summed E-state index contributed by atoms with van der Waals surface area (Å²) < 4.78 is 28.1. The van der Waals surface area contributed by atoms with E-state index >= 15 is 0 Å². The quantitative estimate of drug-likeness (QED) is 0.630. The molecule has 6 nitrogen and oxygen atoms in total. The van der Waals surface area contributed by atoms with Gasteiger partial charge in [-0.1, -0.05) is 29.8 Å². The third-order valence-electron chi connectivity index (χ3n) is 4.35. The lowest BCUT2D eigenvalue weighted by atomic mass is 10.1. The fraction of sp³-hybridized carbons (Fsp3) is 0.100. The van der Waals surface area contributed by atoms with Crippen LogP contribution < -0.4 is 10.0 Å². The summed E-state index contributed by atoms with van der Waals surface area (Å²) in [6.45, 7) is 2.15. The van der Waals surface area contributed by atoms with Gasteiger partial charge < -0.3 is 5.32 Å². The minimum Gasteiger partial charge on any atom is -0.321 e. The van der Waals surface area contributed by atoms with Gasteiger partial charge in [-0.2, -0.15) is 0 Å². The summed E-state index contributed by atoms with van der Waals surface area (Å²) in [7, 11) is -3.73. The average Bonchev–Trinajstić information content (AvgIpc) is 3.28. The molecule has 1 aliphatic heterocycles. The maximum absolute atomic E-state index is 12.7. The number of sulfonamides is 1. The second-order valence-corrected chi connectivity index (χ2v) is 9.10. The largest absolute Gasteiger partial charge is 0.321 e. The van der Waals surface area contributed by atoms with E-state index in [0.29, 0.717) is 21.8 Å². The van der Waals surface area contributed by atoms with Gasteiger partial charge in [-0.25, -0.2) is 18.1 Å². The monoisotopic (exact) mass is 411 g/mol. The number of aryl methyl sites for hydroxylation is 1. The van der Waals surface area contributed by atoms with Crippen molar-refractivity contribution in [3.63, 3.8) is 0 Å². The van der Waals surface area contributed by atoms with Crippen LogP contribution in [0.25, 0.3) is 11.6 Å². The molecule has 8 heteroatoms. The summed E-state index contributed by atoms with van der Waals surface area (Å²) in [6, 6.07) is 12.3. The van der Waals surface area contributed by atoms with Gasteiger partial charge in [0.25, 0.3) is 5.91 Å². The molecule has 2 aromatic carbocycles. The first kappa shape index (κ1) is 18.5. The highest BCUT2D eigenvalue weighted by molar-refractivity contribution is 7.89. The summed E-state index contributed by atoms with van der Waals surface area (Å²) in [4.78, 5) is 16.6. The van der Waals surface area contributed by atoms with E-state index in [-0.39, 0.29) is 17.3 Å². The summed E-state index contributed by atoms with van der Waals surface area (Å²) in [5.74, 6) is -0.271. The predicted octanol–water partition coefficient (Wildman–Crippen LogP) is 3.42. The number of carbonyl (C=O) groups excluding carboxylic acids is 1. The van der Waals surface area contributed by atoms with Crippen molar-refractivity contribution < 1.29 is 13.2 Å². The van der Waals surface area contributed by atoms with Crippen LogP contribution in [0.15, 0.2) is 58.9 Å². The molecule has 142 valence electrons. The van der Waals surface area contributed by atoms with Crippen molar-refractivity contribution in [3.05, 3.63) is 75.7 Å². The number of rotatable bonds is 5. The van der Waals surface area contributed by atoms with Crippen LogP contribution in [0.3, 0.4) is 0 Å². The van der Waals surface area contributed by atoms with Crippen LogP contribution in [0.5, 0.6) is 0 Å². The van der Waals surface area contributed by atoms with E-state index < -0.39 is 10.0 Å². The molecule has 0 saturated carbocycles. The molecule has 4 rings (SSSR count). The Balaban J connectivity index is 1.63. The molecule has 0 aliphatic carbocycles. The smallest absolute Gasteiger partial charge is 0.256 e. The van der Waals surface area contributed by atoms with Gasteiger partial charge >= 0.3 is 0 Å². The average molecular weight is 412 g/mol. The Morgan fingerprint density at radius 2 is 2.07 bits per heavy atom. The molecular weight excluding hydrogens is 394 g/mol. The zero-order valence-electron chi connectivity index (χ0n) is 15.0. The Morgan fingerprint density at radius 3 is 2.82 bits per heavy atom. The van der Waals surface area contributed by atoms with Crippen molar-refractivity contribution in [1.29, 1.82) is 0 Å². The van der Waals surface area contributed by atoms with Gasteiger partial charge in [0.1, 0.15) is 5.01 Å². The maximum Gasteiger partial charge on any atom is 0.256 e. The lowest BCUT2D eigenvalue weighted by molar-refractivity contribution is -0.110. The SMILES string of the molecule is Cc1cccc(CNS(=O)(=O)c2ccc3c(c2)/C(=C\c2nccs2)C(=O)N3)c1. The Morgan fingerprint density at radius 1 is 1.21 bits per heavy atom. The van der Waals surface area contributed by atoms with E-state index in [9.17, 15) is 13.2 Å². The third-order valence-corrected chi connectivity index (χ3v) is 6.47. The van der Waals surface area contributed by atoms with Crippen LogP contribution in [0, 0.1) is 6.92 Å². The number of benzene rings is 2. The van der Waals surface area contributed by atoms with Crippen molar-refractivity contribution in [2.75, 3.05) is 5.32 Å². The second kappa shape index (κ2) is 7.31. The zero-order chi connectivity index (χ0) is 19.7. The molecule has 1 amide bonds. The van der Waals surface area contributed by atoms with Gasteiger partial charge in [-0.3, -0.25) is 4.79 Å². The molecule has 1 aromatic heterocycles. The van der Waals surface area contributed by atoms with Crippen molar-refractivity contribution in [1.82, 2.24) is 9.71 Å². The van der Waals surface area contributed by atoms with Crippen molar-refractivity contribution in [3.8, 4) is 0 Å². The van der Waals surface area contributed by atoms with Gasteiger partial charge in [-0.05, 0) is 36.8 Å². The molecule has 0 saturated heterocycles. The van der Waals surface area contributed by atoms with E-state index in [4.69, 9.17) is 0 Å². The van der Waals surface area contributed by atoms with E-state index in [1.165, 1.54) is 23.5 Å². The van der Waals surface area contributed by atoms with Crippen LogP contribution in [-0.4, -0.2) is 19.3 Å². The molecular formula is C20H17N3O3S2. The molecule has 0 unspecified atom stereocenters. The number of fused-ring (bicyclic) bond motifs is 1. The molecule has 1 aliphatic rings. The molecule has 0 radical (unpaired) electrons. The molecule has 3 aromatic rings. The second-order valence-electron chi connectivity index (χ2n) is 6.40. The highest BCUT2D eigenvalue weighted by atomic mass is 32.2. The number of anilines is 1. The maximum atomic E-state index is 12.7. The highest BCUT2D eigenvalue weighted by Crippen LogP contribution is 2.35. The number of thiazole rings is 1. The molecule has 0 bridgehead atoms. The number of aromatic nitrogens is 1. The van der Waals surface area contributed by atoms with Gasteiger partial charge in [0.05, 0.1) is 10.5 Å². The first-order valence-corrected chi connectivity index (χ1v) is 10.9. The van der Waals surface area contributed by atoms with Gasteiger partial charge in [0.15, 0.2) is 0 Å². The normalized spacial score (nSPS) is 14.9. The Kier molecular flexibility index (Phi) is 4.84. The fourth-order valence-electron chi connectivity index (χ4n) is 2.99. The van der Waals surface area contributed by atoms with Crippen molar-refractivity contribution >= 4 is 44.6 Å². The molecule has 2 heterocycles. The molecule has 28 heavy (non-hydrogen) atoms. The molecule has 0 atom stereocenters. The topological polar surface area (TPSA) is 88.2 Å². The minimum atomic E-state index is -3.73.